The van der Waals surface area contributed by atoms with E-state index in [2.05, 4.69) is 0 Å². The van der Waals surface area contributed by atoms with E-state index in [0.717, 1.165) is 6.07 Å². The first-order valence-electron chi connectivity index (χ1n) is 4.93. The van der Waals surface area contributed by atoms with Gasteiger partial charge in [0.25, 0.3) is 0 Å². The fourth-order valence-electron chi connectivity index (χ4n) is 2.30. The van der Waals surface area contributed by atoms with E-state index in [-0.39, 0.29) is 12.1 Å². The van der Waals surface area contributed by atoms with Crippen molar-refractivity contribution in [1.29, 1.82) is 0 Å². The summed E-state index contributed by atoms with van der Waals surface area (Å²) in [5.74, 6) is -4.91. The molecule has 1 aromatic rings. The van der Waals surface area contributed by atoms with Crippen molar-refractivity contribution in [2.45, 2.75) is 24.2 Å². The minimum atomic E-state index is -2.82. The van der Waals surface area contributed by atoms with E-state index in [0.29, 0.717) is 0 Å². The molecule has 1 aliphatic rings. The first kappa shape index (κ1) is 11.4. The molecule has 0 atom stereocenters. The maximum atomic E-state index is 13.5. The predicted molar refractivity (Wildman–Crippen MR) is 51.3 cm³/mol. The van der Waals surface area contributed by atoms with Crippen molar-refractivity contribution in [3.8, 4) is 0 Å². The minimum absolute atomic E-state index is 0.0408. The summed E-state index contributed by atoms with van der Waals surface area (Å²) in [6.07, 6.45) is -1.03. The molecule has 0 aromatic heterocycles. The summed E-state index contributed by atoms with van der Waals surface area (Å²) in [7, 11) is 0. The largest absolute Gasteiger partial charge is 0.330 e. The van der Waals surface area contributed by atoms with Gasteiger partial charge in [-0.3, -0.25) is 0 Å². The van der Waals surface area contributed by atoms with Crippen LogP contribution < -0.4 is 5.73 Å². The third-order valence-electron chi connectivity index (χ3n) is 3.11. The Morgan fingerprint density at radius 2 is 1.81 bits per heavy atom. The molecule has 5 heteroatoms. The second kappa shape index (κ2) is 3.45. The van der Waals surface area contributed by atoms with Gasteiger partial charge in [-0.05, 0) is 11.6 Å². The number of nitrogens with two attached hydrogens (primary N) is 1. The van der Waals surface area contributed by atoms with Crippen LogP contribution in [0.25, 0.3) is 0 Å². The molecule has 88 valence electrons. The van der Waals surface area contributed by atoms with Gasteiger partial charge in [0.15, 0.2) is 11.6 Å². The summed E-state index contributed by atoms with van der Waals surface area (Å²) < 4.78 is 52.2. The van der Waals surface area contributed by atoms with Gasteiger partial charge in [0.05, 0.1) is 0 Å². The molecule has 2 rings (SSSR count). The summed E-state index contributed by atoms with van der Waals surface area (Å²) in [4.78, 5) is 0. The summed E-state index contributed by atoms with van der Waals surface area (Å²) in [5.41, 5.74) is 4.26. The molecule has 0 amide bonds. The lowest BCUT2D eigenvalue weighted by atomic mass is 9.62. The SMILES string of the molecule is NCC1(c2cccc(F)c2F)CC(F)(F)C1. The zero-order chi connectivity index (χ0) is 12.0. The van der Waals surface area contributed by atoms with Gasteiger partial charge in [-0.15, -0.1) is 0 Å². The molecule has 1 aliphatic carbocycles. The van der Waals surface area contributed by atoms with Crippen molar-refractivity contribution in [3.63, 3.8) is 0 Å². The Morgan fingerprint density at radius 3 is 2.31 bits per heavy atom. The number of halogens is 4. The highest BCUT2D eigenvalue weighted by Gasteiger charge is 2.57. The summed E-state index contributed by atoms with van der Waals surface area (Å²) in [5, 5.41) is 0. The van der Waals surface area contributed by atoms with Crippen LogP contribution in [0.2, 0.25) is 0 Å². The van der Waals surface area contributed by atoms with Crippen molar-refractivity contribution in [3.05, 3.63) is 35.4 Å². The van der Waals surface area contributed by atoms with E-state index >= 15 is 0 Å². The molecule has 1 aromatic carbocycles. The highest BCUT2D eigenvalue weighted by atomic mass is 19.3. The first-order valence-corrected chi connectivity index (χ1v) is 4.93. The minimum Gasteiger partial charge on any atom is -0.330 e. The molecular formula is C11H11F4N. The molecule has 0 radical (unpaired) electrons. The van der Waals surface area contributed by atoms with Crippen molar-refractivity contribution < 1.29 is 17.6 Å². The normalized spacial score (nSPS) is 21.6. The maximum absolute atomic E-state index is 13.5. The lowest BCUT2D eigenvalue weighted by molar-refractivity contribution is -0.124. The van der Waals surface area contributed by atoms with E-state index in [4.69, 9.17) is 5.73 Å². The quantitative estimate of drug-likeness (QED) is 0.780. The Hall–Kier alpha value is -1.10. The Morgan fingerprint density at radius 1 is 1.19 bits per heavy atom. The molecule has 0 unspecified atom stereocenters. The summed E-state index contributed by atoms with van der Waals surface area (Å²) in [6.45, 7) is -0.108. The zero-order valence-electron chi connectivity index (χ0n) is 8.44. The van der Waals surface area contributed by atoms with Gasteiger partial charge < -0.3 is 5.73 Å². The van der Waals surface area contributed by atoms with Crippen LogP contribution in [0.1, 0.15) is 18.4 Å². The van der Waals surface area contributed by atoms with E-state index in [1.165, 1.54) is 12.1 Å². The van der Waals surface area contributed by atoms with Gasteiger partial charge in [-0.25, -0.2) is 17.6 Å². The maximum Gasteiger partial charge on any atom is 0.250 e. The molecule has 0 heterocycles. The van der Waals surface area contributed by atoms with Gasteiger partial charge in [0.2, 0.25) is 5.92 Å². The Bertz CT molecular complexity index is 408. The summed E-state index contributed by atoms with van der Waals surface area (Å²) in [6, 6.07) is 3.59. The van der Waals surface area contributed by atoms with Crippen LogP contribution in [-0.2, 0) is 5.41 Å². The summed E-state index contributed by atoms with van der Waals surface area (Å²) >= 11 is 0. The van der Waals surface area contributed by atoms with Crippen LogP contribution in [0.5, 0.6) is 0 Å². The van der Waals surface area contributed by atoms with Crippen molar-refractivity contribution >= 4 is 0 Å². The molecular weight excluding hydrogens is 222 g/mol. The predicted octanol–water partition coefficient (Wildman–Crippen LogP) is 2.59. The van der Waals surface area contributed by atoms with Crippen LogP contribution >= 0.6 is 0 Å². The van der Waals surface area contributed by atoms with Gasteiger partial charge in [-0.2, -0.15) is 0 Å². The van der Waals surface area contributed by atoms with Crippen molar-refractivity contribution in [1.82, 2.24) is 0 Å². The number of hydrogen-bond donors (Lipinski definition) is 1. The average molecular weight is 233 g/mol. The third-order valence-corrected chi connectivity index (χ3v) is 3.11. The molecule has 1 saturated carbocycles. The molecule has 1 nitrogen and oxygen atoms in total. The number of alkyl halides is 2. The van der Waals surface area contributed by atoms with Gasteiger partial charge in [0.1, 0.15) is 0 Å². The smallest absolute Gasteiger partial charge is 0.250 e. The fraction of sp³-hybridized carbons (Fsp3) is 0.455. The third kappa shape index (κ3) is 1.59. The van der Waals surface area contributed by atoms with Gasteiger partial charge >= 0.3 is 0 Å². The molecule has 2 N–H and O–H groups in total. The lowest BCUT2D eigenvalue weighted by Gasteiger charge is -2.47. The molecule has 16 heavy (non-hydrogen) atoms. The second-order valence-electron chi connectivity index (χ2n) is 4.30. The molecule has 0 aliphatic heterocycles. The number of hydrogen-bond acceptors (Lipinski definition) is 1. The molecule has 0 saturated heterocycles. The van der Waals surface area contributed by atoms with Crippen LogP contribution in [0.3, 0.4) is 0 Å². The highest BCUT2D eigenvalue weighted by Crippen LogP contribution is 2.53. The monoisotopic (exact) mass is 233 g/mol. The standard InChI is InChI=1S/C11H11F4N/c12-8-3-1-2-7(9(8)13)10(6-16)4-11(14,15)5-10/h1-3H,4-6,16H2. The van der Waals surface area contributed by atoms with Crippen LogP contribution in [-0.4, -0.2) is 12.5 Å². The fourth-order valence-corrected chi connectivity index (χ4v) is 2.30. The lowest BCUT2D eigenvalue weighted by Crippen LogP contribution is -2.54. The Kier molecular flexibility index (Phi) is 2.45. The Labute approximate surface area is 90.3 Å². The van der Waals surface area contributed by atoms with Crippen molar-refractivity contribution in [2.75, 3.05) is 6.54 Å². The van der Waals surface area contributed by atoms with Crippen LogP contribution in [0.15, 0.2) is 18.2 Å². The topological polar surface area (TPSA) is 26.0 Å². The van der Waals surface area contributed by atoms with Crippen LogP contribution in [0, 0.1) is 11.6 Å². The average Bonchev–Trinajstić information content (AvgIpc) is 2.18. The van der Waals surface area contributed by atoms with E-state index < -0.39 is 35.8 Å². The van der Waals surface area contributed by atoms with Gasteiger partial charge in [0, 0.05) is 24.8 Å². The van der Waals surface area contributed by atoms with Crippen molar-refractivity contribution in [2.24, 2.45) is 5.73 Å². The Balaban J connectivity index is 2.40. The first-order chi connectivity index (χ1) is 7.40. The van der Waals surface area contributed by atoms with Gasteiger partial charge in [-0.1, -0.05) is 12.1 Å². The van der Waals surface area contributed by atoms with Crippen LogP contribution in [0.4, 0.5) is 17.6 Å². The van der Waals surface area contributed by atoms with E-state index in [1.807, 2.05) is 0 Å². The zero-order valence-corrected chi connectivity index (χ0v) is 8.44. The number of benzene rings is 1. The molecule has 0 spiro atoms. The van der Waals surface area contributed by atoms with E-state index in [9.17, 15) is 17.6 Å². The number of rotatable bonds is 2. The van der Waals surface area contributed by atoms with E-state index in [1.54, 1.807) is 0 Å². The molecule has 1 fully saturated rings. The molecule has 0 bridgehead atoms. The highest BCUT2D eigenvalue weighted by molar-refractivity contribution is 5.33. The second-order valence-corrected chi connectivity index (χ2v) is 4.30.